The lowest BCUT2D eigenvalue weighted by atomic mass is 10.1. The molecule has 2 aromatic carbocycles. The minimum absolute atomic E-state index is 0.00744. The Morgan fingerprint density at radius 2 is 1.76 bits per heavy atom. The summed E-state index contributed by atoms with van der Waals surface area (Å²) in [5, 5.41) is 3.25. The quantitative estimate of drug-likeness (QED) is 0.639. The van der Waals surface area contributed by atoms with Crippen LogP contribution >= 0.6 is 11.8 Å². The van der Waals surface area contributed by atoms with Crippen molar-refractivity contribution < 1.29 is 9.53 Å². The summed E-state index contributed by atoms with van der Waals surface area (Å²) in [5.74, 6) is 1.32. The molecule has 1 saturated heterocycles. The van der Waals surface area contributed by atoms with E-state index < -0.39 is 0 Å². The van der Waals surface area contributed by atoms with Crippen molar-refractivity contribution in [3.8, 4) is 5.75 Å². The normalized spacial score (nSPS) is 16.3. The van der Waals surface area contributed by atoms with Gasteiger partial charge in [0.25, 0.3) is 0 Å². The van der Waals surface area contributed by atoms with E-state index in [9.17, 15) is 4.79 Å². The Bertz CT molecular complexity index is 746. The molecule has 1 heterocycles. The number of likely N-dealkylation sites (N-methyl/N-ethyl adjacent to an activating group) is 1. The van der Waals surface area contributed by atoms with Gasteiger partial charge in [0, 0.05) is 37.6 Å². The summed E-state index contributed by atoms with van der Waals surface area (Å²) in [4.78, 5) is 18.5. The molecule has 0 saturated carbocycles. The van der Waals surface area contributed by atoms with Gasteiger partial charge < -0.3 is 15.0 Å². The molecule has 5 nitrogen and oxygen atoms in total. The number of hydrogen-bond acceptors (Lipinski definition) is 5. The Balaban J connectivity index is 1.55. The van der Waals surface area contributed by atoms with Gasteiger partial charge in [-0.05, 0) is 43.8 Å². The largest absolute Gasteiger partial charge is 0.494 e. The van der Waals surface area contributed by atoms with Crippen LogP contribution in [0.5, 0.6) is 5.75 Å². The molecule has 29 heavy (non-hydrogen) atoms. The van der Waals surface area contributed by atoms with Crippen LogP contribution in [-0.2, 0) is 4.79 Å². The van der Waals surface area contributed by atoms with Crippen LogP contribution in [0.25, 0.3) is 0 Å². The second-order valence-electron chi connectivity index (χ2n) is 7.33. The highest BCUT2D eigenvalue weighted by Crippen LogP contribution is 2.22. The molecule has 6 heteroatoms. The maximum absolute atomic E-state index is 12.7. The fourth-order valence-corrected chi connectivity index (χ4v) is 4.10. The van der Waals surface area contributed by atoms with Crippen molar-refractivity contribution in [2.45, 2.75) is 17.9 Å². The first kappa shape index (κ1) is 21.7. The van der Waals surface area contributed by atoms with Crippen LogP contribution in [0.1, 0.15) is 18.5 Å². The molecule has 1 aliphatic rings. The Morgan fingerprint density at radius 1 is 1.07 bits per heavy atom. The molecule has 1 atom stereocenters. The Hall–Kier alpha value is -2.02. The minimum Gasteiger partial charge on any atom is -0.494 e. The van der Waals surface area contributed by atoms with Crippen LogP contribution in [0.2, 0.25) is 0 Å². The van der Waals surface area contributed by atoms with Gasteiger partial charge in [-0.2, -0.15) is 0 Å². The predicted octanol–water partition coefficient (Wildman–Crippen LogP) is 3.28. The molecule has 1 aliphatic heterocycles. The molecule has 3 rings (SSSR count). The van der Waals surface area contributed by atoms with Gasteiger partial charge in [0.15, 0.2) is 0 Å². The highest BCUT2D eigenvalue weighted by Gasteiger charge is 2.21. The Labute approximate surface area is 178 Å². The molecule has 0 aromatic heterocycles. The number of carbonyl (C=O) groups is 1. The van der Waals surface area contributed by atoms with Crippen molar-refractivity contribution in [3.63, 3.8) is 0 Å². The zero-order chi connectivity index (χ0) is 20.5. The summed E-state index contributed by atoms with van der Waals surface area (Å²) in [7, 11) is 2.16. The number of amides is 1. The zero-order valence-electron chi connectivity index (χ0n) is 17.3. The number of hydrogen-bond donors (Lipinski definition) is 1. The number of carbonyl (C=O) groups excluding carboxylic acids is 1. The molecular weight excluding hydrogens is 382 g/mol. The van der Waals surface area contributed by atoms with Crippen LogP contribution in [0.15, 0.2) is 59.5 Å². The summed E-state index contributed by atoms with van der Waals surface area (Å²) in [6.45, 7) is 7.69. The van der Waals surface area contributed by atoms with E-state index in [1.165, 1.54) is 0 Å². The van der Waals surface area contributed by atoms with Crippen molar-refractivity contribution in [2.75, 3.05) is 52.1 Å². The lowest BCUT2D eigenvalue weighted by Crippen LogP contribution is -2.48. The van der Waals surface area contributed by atoms with Crippen LogP contribution in [0, 0.1) is 0 Å². The van der Waals surface area contributed by atoms with E-state index >= 15 is 0 Å². The summed E-state index contributed by atoms with van der Waals surface area (Å²) in [5.41, 5.74) is 1.16. The highest BCUT2D eigenvalue weighted by atomic mass is 32.2. The molecule has 0 aliphatic carbocycles. The highest BCUT2D eigenvalue weighted by molar-refractivity contribution is 8.00. The Kier molecular flexibility index (Phi) is 8.40. The number of thioether (sulfide) groups is 1. The summed E-state index contributed by atoms with van der Waals surface area (Å²) in [6, 6.07) is 18.2. The van der Waals surface area contributed by atoms with Gasteiger partial charge in [-0.3, -0.25) is 9.69 Å². The zero-order valence-corrected chi connectivity index (χ0v) is 18.2. The summed E-state index contributed by atoms with van der Waals surface area (Å²) >= 11 is 1.55. The number of piperazine rings is 1. The molecule has 156 valence electrons. The SMILES string of the molecule is CCOc1ccc(SCC(=O)NC(CN2CCN(C)CC2)c2ccccc2)cc1. The van der Waals surface area contributed by atoms with Gasteiger partial charge in [0.2, 0.25) is 5.91 Å². The number of nitrogens with zero attached hydrogens (tertiary/aromatic N) is 2. The first-order valence-corrected chi connectivity index (χ1v) is 11.2. The number of ether oxygens (including phenoxy) is 1. The third-order valence-corrected chi connectivity index (χ3v) is 6.09. The van der Waals surface area contributed by atoms with E-state index in [0.717, 1.165) is 48.9 Å². The second kappa shape index (κ2) is 11.2. The van der Waals surface area contributed by atoms with Crippen LogP contribution in [-0.4, -0.2) is 67.8 Å². The molecule has 1 amide bonds. The topological polar surface area (TPSA) is 44.8 Å². The number of nitrogens with one attached hydrogen (secondary N) is 1. The van der Waals surface area contributed by atoms with Gasteiger partial charge >= 0.3 is 0 Å². The average molecular weight is 414 g/mol. The maximum Gasteiger partial charge on any atom is 0.230 e. The fraction of sp³-hybridized carbons (Fsp3) is 0.435. The third kappa shape index (κ3) is 7.07. The van der Waals surface area contributed by atoms with Crippen molar-refractivity contribution in [1.29, 1.82) is 0 Å². The lowest BCUT2D eigenvalue weighted by Gasteiger charge is -2.35. The molecule has 1 N–H and O–H groups in total. The third-order valence-electron chi connectivity index (χ3n) is 5.08. The number of benzene rings is 2. The van der Waals surface area contributed by atoms with Crippen molar-refractivity contribution in [2.24, 2.45) is 0 Å². The van der Waals surface area contributed by atoms with Crippen LogP contribution in [0.4, 0.5) is 0 Å². The Morgan fingerprint density at radius 3 is 2.41 bits per heavy atom. The fourth-order valence-electron chi connectivity index (χ4n) is 3.39. The first-order valence-electron chi connectivity index (χ1n) is 10.2. The van der Waals surface area contributed by atoms with Gasteiger partial charge in [-0.15, -0.1) is 11.8 Å². The van der Waals surface area contributed by atoms with Crippen LogP contribution < -0.4 is 10.1 Å². The lowest BCUT2D eigenvalue weighted by molar-refractivity contribution is -0.119. The standard InChI is InChI=1S/C23H31N3O2S/c1-3-28-20-9-11-21(12-10-20)29-18-23(27)24-22(19-7-5-4-6-8-19)17-26-15-13-25(2)14-16-26/h4-12,22H,3,13-18H2,1-2H3,(H,24,27). The van der Waals surface area contributed by atoms with Crippen molar-refractivity contribution in [3.05, 3.63) is 60.2 Å². The van der Waals surface area contributed by atoms with Gasteiger partial charge in [0.1, 0.15) is 5.75 Å². The molecule has 0 radical (unpaired) electrons. The molecule has 0 bridgehead atoms. The van der Waals surface area contributed by atoms with Gasteiger partial charge in [-0.25, -0.2) is 0 Å². The van der Waals surface area contributed by atoms with E-state index in [4.69, 9.17) is 4.74 Å². The van der Waals surface area contributed by atoms with Crippen LogP contribution in [0.3, 0.4) is 0 Å². The first-order chi connectivity index (χ1) is 14.1. The van der Waals surface area contributed by atoms with Gasteiger partial charge in [0.05, 0.1) is 18.4 Å². The second-order valence-corrected chi connectivity index (χ2v) is 8.38. The molecule has 2 aromatic rings. The van der Waals surface area contributed by atoms with E-state index in [1.54, 1.807) is 11.8 Å². The van der Waals surface area contributed by atoms with E-state index in [-0.39, 0.29) is 11.9 Å². The monoisotopic (exact) mass is 413 g/mol. The van der Waals surface area contributed by atoms with Gasteiger partial charge in [-0.1, -0.05) is 30.3 Å². The van der Waals surface area contributed by atoms with E-state index in [0.29, 0.717) is 12.4 Å². The average Bonchev–Trinajstić information content (AvgIpc) is 2.75. The number of rotatable bonds is 9. The molecular formula is C23H31N3O2S. The van der Waals surface area contributed by atoms with Crippen molar-refractivity contribution >= 4 is 17.7 Å². The summed E-state index contributed by atoms with van der Waals surface area (Å²) < 4.78 is 5.47. The van der Waals surface area contributed by atoms with Crippen molar-refractivity contribution in [1.82, 2.24) is 15.1 Å². The molecule has 1 unspecified atom stereocenters. The predicted molar refractivity (Wildman–Crippen MR) is 120 cm³/mol. The molecule has 0 spiro atoms. The summed E-state index contributed by atoms with van der Waals surface area (Å²) in [6.07, 6.45) is 0. The molecule has 1 fully saturated rings. The smallest absolute Gasteiger partial charge is 0.230 e. The maximum atomic E-state index is 12.7. The minimum atomic E-state index is 0.00744. The van der Waals surface area contributed by atoms with E-state index in [1.807, 2.05) is 49.4 Å². The van der Waals surface area contributed by atoms with E-state index in [2.05, 4.69) is 34.3 Å².